The number of anilines is 1. The molecule has 3 N–H and O–H groups in total. The summed E-state index contributed by atoms with van der Waals surface area (Å²) in [7, 11) is 0. The normalized spacial score (nSPS) is 21.5. The average Bonchev–Trinajstić information content (AvgIpc) is 2.80. The molecule has 0 saturated carbocycles. The molecule has 0 fully saturated rings. The minimum Gasteiger partial charge on any atom is -0.459 e. The van der Waals surface area contributed by atoms with Gasteiger partial charge in [-0.1, -0.05) is 15.9 Å². The van der Waals surface area contributed by atoms with Crippen LogP contribution in [0.2, 0.25) is 0 Å². The van der Waals surface area contributed by atoms with Crippen LogP contribution in [-0.4, -0.2) is 18.0 Å². The number of benzene rings is 1. The number of nitriles is 1. The molecule has 0 saturated heterocycles. The molecule has 1 atom stereocenters. The Kier molecular flexibility index (Phi) is 4.28. The van der Waals surface area contributed by atoms with Gasteiger partial charge in [0.25, 0.3) is 0 Å². The molecule has 2 aliphatic heterocycles. The van der Waals surface area contributed by atoms with Gasteiger partial charge in [-0.15, -0.1) is 0 Å². The molecule has 2 heterocycles. The second-order valence-electron chi connectivity index (χ2n) is 6.23. The summed E-state index contributed by atoms with van der Waals surface area (Å²) in [6.45, 7) is 4.90. The summed E-state index contributed by atoms with van der Waals surface area (Å²) in [4.78, 5) is 26.0. The largest absolute Gasteiger partial charge is 0.459 e. The van der Waals surface area contributed by atoms with E-state index < -0.39 is 23.4 Å². The average molecular weight is 418 g/mol. The third kappa shape index (κ3) is 2.39. The van der Waals surface area contributed by atoms with E-state index in [1.165, 1.54) is 6.92 Å². The van der Waals surface area contributed by atoms with Gasteiger partial charge >= 0.3 is 5.97 Å². The van der Waals surface area contributed by atoms with Crippen LogP contribution >= 0.6 is 15.9 Å². The summed E-state index contributed by atoms with van der Waals surface area (Å²) >= 11 is 3.37. The maximum absolute atomic E-state index is 13.1. The Bertz CT molecular complexity index is 942. The molecule has 1 aromatic rings. The number of hydrogen-bond donors (Lipinski definition) is 2. The fraction of sp³-hybridized carbons (Fsp3) is 0.278. The van der Waals surface area contributed by atoms with Crippen molar-refractivity contribution < 1.29 is 19.1 Å². The Morgan fingerprint density at radius 1 is 1.46 bits per heavy atom. The molecule has 1 spiro atoms. The molecule has 0 bridgehead atoms. The molecule has 7 nitrogen and oxygen atoms in total. The molecule has 2 aliphatic rings. The van der Waals surface area contributed by atoms with E-state index >= 15 is 0 Å². The number of fused-ring (bicyclic) bond motifs is 2. The zero-order chi connectivity index (χ0) is 19.2. The number of amides is 1. The second-order valence-corrected chi connectivity index (χ2v) is 7.15. The molecule has 134 valence electrons. The number of carbonyl (C=O) groups excluding carboxylic acids is 2. The van der Waals surface area contributed by atoms with Gasteiger partial charge in [0.15, 0.2) is 5.41 Å². The van der Waals surface area contributed by atoms with Gasteiger partial charge in [0, 0.05) is 15.7 Å². The number of esters is 1. The van der Waals surface area contributed by atoms with E-state index in [2.05, 4.69) is 21.2 Å². The molecule has 0 aliphatic carbocycles. The Morgan fingerprint density at radius 3 is 2.77 bits per heavy atom. The van der Waals surface area contributed by atoms with E-state index in [9.17, 15) is 14.9 Å². The Morgan fingerprint density at radius 2 is 2.15 bits per heavy atom. The third-order valence-corrected chi connectivity index (χ3v) is 4.74. The first-order chi connectivity index (χ1) is 12.2. The molecular weight excluding hydrogens is 402 g/mol. The first kappa shape index (κ1) is 18.0. The molecule has 3 rings (SSSR count). The van der Waals surface area contributed by atoms with Gasteiger partial charge in [0.1, 0.15) is 23.0 Å². The van der Waals surface area contributed by atoms with Crippen LogP contribution in [0.25, 0.3) is 0 Å². The minimum atomic E-state index is -1.72. The molecular formula is C18H16BrN3O4. The second kappa shape index (κ2) is 6.18. The number of hydrogen-bond acceptors (Lipinski definition) is 6. The van der Waals surface area contributed by atoms with Crippen LogP contribution in [-0.2, 0) is 24.5 Å². The maximum atomic E-state index is 13.1. The molecule has 1 aromatic carbocycles. The lowest BCUT2D eigenvalue weighted by molar-refractivity contribution is -0.144. The van der Waals surface area contributed by atoms with Crippen molar-refractivity contribution in [2.45, 2.75) is 32.3 Å². The van der Waals surface area contributed by atoms with Gasteiger partial charge in [-0.2, -0.15) is 5.26 Å². The lowest BCUT2D eigenvalue weighted by atomic mass is 9.68. The van der Waals surface area contributed by atoms with Gasteiger partial charge < -0.3 is 20.5 Å². The first-order valence-corrected chi connectivity index (χ1v) is 8.64. The topological polar surface area (TPSA) is 114 Å². The number of rotatable bonds is 2. The highest BCUT2D eigenvalue weighted by Gasteiger charge is 2.59. The van der Waals surface area contributed by atoms with Crippen molar-refractivity contribution in [3.8, 4) is 6.07 Å². The van der Waals surface area contributed by atoms with Crippen LogP contribution in [0.15, 0.2) is 45.5 Å². The summed E-state index contributed by atoms with van der Waals surface area (Å²) in [6, 6.07) is 7.06. The first-order valence-electron chi connectivity index (χ1n) is 7.85. The Hall–Kier alpha value is -2.79. The highest BCUT2D eigenvalue weighted by Crippen LogP contribution is 2.52. The van der Waals surface area contributed by atoms with Crippen molar-refractivity contribution in [2.24, 2.45) is 5.73 Å². The van der Waals surface area contributed by atoms with Crippen LogP contribution < -0.4 is 11.1 Å². The van der Waals surface area contributed by atoms with Crippen molar-refractivity contribution in [3.05, 3.63) is 51.0 Å². The molecule has 0 radical (unpaired) electrons. The quantitative estimate of drug-likeness (QED) is 0.714. The van der Waals surface area contributed by atoms with Gasteiger partial charge in [0.2, 0.25) is 11.8 Å². The molecule has 8 heteroatoms. The van der Waals surface area contributed by atoms with E-state index in [0.29, 0.717) is 15.7 Å². The SMILES string of the molecule is CC1=C(C(=O)OC(C)C)[C@@]2(C(=O)Nc3ccc(Br)cc32)C(C#N)=C(N)O1. The van der Waals surface area contributed by atoms with Crippen LogP contribution in [0.3, 0.4) is 0 Å². The molecule has 0 aromatic heterocycles. The smallest absolute Gasteiger partial charge is 0.339 e. The summed E-state index contributed by atoms with van der Waals surface area (Å²) in [5, 5.41) is 12.5. The fourth-order valence-electron chi connectivity index (χ4n) is 3.32. The lowest BCUT2D eigenvalue weighted by Crippen LogP contribution is -2.46. The number of nitrogens with one attached hydrogen (secondary N) is 1. The van der Waals surface area contributed by atoms with E-state index in [0.717, 1.165) is 0 Å². The number of ether oxygens (including phenoxy) is 2. The summed E-state index contributed by atoms with van der Waals surface area (Å²) < 4.78 is 11.4. The Labute approximate surface area is 158 Å². The monoisotopic (exact) mass is 417 g/mol. The van der Waals surface area contributed by atoms with Crippen LogP contribution in [0, 0.1) is 11.3 Å². The number of nitrogens with two attached hydrogens (primary N) is 1. The Balaban J connectivity index is 2.38. The number of carbonyl (C=O) groups is 2. The van der Waals surface area contributed by atoms with Crippen molar-refractivity contribution in [2.75, 3.05) is 5.32 Å². The van der Waals surface area contributed by atoms with Crippen LogP contribution in [0.5, 0.6) is 0 Å². The maximum Gasteiger partial charge on any atom is 0.339 e. The molecule has 26 heavy (non-hydrogen) atoms. The van der Waals surface area contributed by atoms with Crippen molar-refractivity contribution in [1.82, 2.24) is 0 Å². The molecule has 0 unspecified atom stereocenters. The van der Waals surface area contributed by atoms with E-state index in [1.807, 2.05) is 6.07 Å². The third-order valence-electron chi connectivity index (χ3n) is 4.24. The van der Waals surface area contributed by atoms with Crippen molar-refractivity contribution in [1.29, 1.82) is 5.26 Å². The number of allylic oxidation sites excluding steroid dienone is 1. The van der Waals surface area contributed by atoms with Gasteiger partial charge in [-0.3, -0.25) is 4.79 Å². The predicted molar refractivity (Wildman–Crippen MR) is 96.3 cm³/mol. The highest BCUT2D eigenvalue weighted by atomic mass is 79.9. The summed E-state index contributed by atoms with van der Waals surface area (Å²) in [6.07, 6.45) is -0.417. The predicted octanol–water partition coefficient (Wildman–Crippen LogP) is 2.59. The standard InChI is InChI=1S/C18H16BrN3O4/c1-8(2)25-16(23)14-9(3)26-15(21)12(7-20)18(14)11-6-10(19)4-5-13(11)22-17(18)24/h4-6,8H,21H2,1-3H3,(H,22,24)/t18-/m0/s1. The van der Waals surface area contributed by atoms with Gasteiger partial charge in [-0.05, 0) is 39.0 Å². The van der Waals surface area contributed by atoms with Crippen LogP contribution in [0.4, 0.5) is 5.69 Å². The lowest BCUT2D eigenvalue weighted by Gasteiger charge is -2.34. The fourth-order valence-corrected chi connectivity index (χ4v) is 3.68. The minimum absolute atomic E-state index is 0.0497. The van der Waals surface area contributed by atoms with Crippen LogP contribution in [0.1, 0.15) is 26.3 Å². The van der Waals surface area contributed by atoms with E-state index in [-0.39, 0.29) is 22.8 Å². The van der Waals surface area contributed by atoms with E-state index in [4.69, 9.17) is 15.2 Å². The highest BCUT2D eigenvalue weighted by molar-refractivity contribution is 9.10. The zero-order valence-electron chi connectivity index (χ0n) is 14.3. The zero-order valence-corrected chi connectivity index (χ0v) is 15.9. The number of nitrogens with zero attached hydrogens (tertiary/aromatic N) is 1. The summed E-state index contributed by atoms with van der Waals surface area (Å²) in [5.74, 6) is -1.38. The van der Waals surface area contributed by atoms with Gasteiger partial charge in [-0.25, -0.2) is 4.79 Å². The number of halogens is 1. The van der Waals surface area contributed by atoms with E-state index in [1.54, 1.807) is 32.0 Å². The van der Waals surface area contributed by atoms with Crippen molar-refractivity contribution in [3.63, 3.8) is 0 Å². The van der Waals surface area contributed by atoms with Gasteiger partial charge in [0.05, 0.1) is 6.10 Å². The summed E-state index contributed by atoms with van der Waals surface area (Å²) in [5.41, 5.74) is 4.93. The van der Waals surface area contributed by atoms with Crippen molar-refractivity contribution >= 4 is 33.5 Å². The molecule has 1 amide bonds.